The first kappa shape index (κ1) is 17.2. The van der Waals surface area contributed by atoms with Gasteiger partial charge in [-0.15, -0.1) is 0 Å². The minimum Gasteiger partial charge on any atom is -0.507 e. The van der Waals surface area contributed by atoms with Crippen molar-refractivity contribution in [1.29, 1.82) is 0 Å². The molecule has 122 valence electrons. The number of aromatic hydroxyl groups is 1. The molecule has 0 saturated carbocycles. The van der Waals surface area contributed by atoms with Crippen molar-refractivity contribution >= 4 is 33.4 Å². The van der Waals surface area contributed by atoms with Crippen molar-refractivity contribution in [3.05, 3.63) is 48.0 Å². The number of carbonyl (C=O) groups is 1. The van der Waals surface area contributed by atoms with E-state index in [0.717, 1.165) is 6.26 Å². The molecule has 0 fully saturated rings. The number of anilines is 1. The molecule has 8 heteroatoms. The molecule has 0 atom stereocenters. The zero-order valence-electron chi connectivity index (χ0n) is 12.4. The lowest BCUT2D eigenvalue weighted by molar-refractivity contribution is 0.0597. The number of hydrogen-bond acceptors (Lipinski definition) is 7. The van der Waals surface area contributed by atoms with Gasteiger partial charge in [0.25, 0.3) is 0 Å². The zero-order valence-corrected chi connectivity index (χ0v) is 14.1. The smallest absolute Gasteiger partial charge is 0.341 e. The molecule has 0 aliphatic heterocycles. The minimum absolute atomic E-state index is 0.0714. The molecular formula is C15H15NO5S2. The molecule has 0 aliphatic rings. The third-order valence-electron chi connectivity index (χ3n) is 2.92. The first-order valence-corrected chi connectivity index (χ1v) is 9.16. The lowest BCUT2D eigenvalue weighted by Crippen LogP contribution is -2.01. The highest BCUT2D eigenvalue weighted by Gasteiger charge is 2.12. The van der Waals surface area contributed by atoms with Crippen LogP contribution in [0.25, 0.3) is 0 Å². The largest absolute Gasteiger partial charge is 0.507 e. The molecule has 0 spiro atoms. The molecule has 6 nitrogen and oxygen atoms in total. The molecule has 2 aromatic carbocycles. The average Bonchev–Trinajstić information content (AvgIpc) is 2.52. The molecule has 0 saturated heterocycles. The van der Waals surface area contributed by atoms with E-state index in [1.807, 2.05) is 0 Å². The second-order valence-electron chi connectivity index (χ2n) is 4.67. The van der Waals surface area contributed by atoms with E-state index in [1.165, 1.54) is 37.3 Å². The molecule has 0 radical (unpaired) electrons. The van der Waals surface area contributed by atoms with Gasteiger partial charge < -0.3 is 14.6 Å². The van der Waals surface area contributed by atoms with Crippen molar-refractivity contribution in [2.75, 3.05) is 18.1 Å². The summed E-state index contributed by atoms with van der Waals surface area (Å²) in [6.45, 7) is 0. The van der Waals surface area contributed by atoms with Gasteiger partial charge in [-0.25, -0.2) is 13.2 Å². The molecule has 0 bridgehead atoms. The maximum absolute atomic E-state index is 11.5. The summed E-state index contributed by atoms with van der Waals surface area (Å²) in [5, 5.41) is 9.81. The predicted octanol–water partition coefficient (Wildman–Crippen LogP) is 2.70. The van der Waals surface area contributed by atoms with Crippen LogP contribution in [0.5, 0.6) is 5.75 Å². The number of hydrogen-bond donors (Lipinski definition) is 2. The van der Waals surface area contributed by atoms with Crippen LogP contribution >= 0.6 is 11.9 Å². The van der Waals surface area contributed by atoms with Crippen LogP contribution in [0.1, 0.15) is 10.4 Å². The predicted molar refractivity (Wildman–Crippen MR) is 88.5 cm³/mol. The molecule has 2 rings (SSSR count). The zero-order chi connectivity index (χ0) is 17.0. The van der Waals surface area contributed by atoms with Crippen LogP contribution in [0.2, 0.25) is 0 Å². The first-order valence-electron chi connectivity index (χ1n) is 6.45. The number of nitrogens with one attached hydrogen (secondary N) is 1. The highest BCUT2D eigenvalue weighted by Crippen LogP contribution is 2.27. The third-order valence-corrected chi connectivity index (χ3v) is 4.86. The number of rotatable bonds is 5. The molecule has 0 unspecified atom stereocenters. The molecule has 2 N–H and O–H groups in total. The van der Waals surface area contributed by atoms with Gasteiger partial charge >= 0.3 is 5.97 Å². The SMILES string of the molecule is COC(=O)c1ccc(NSc2cccc(S(C)(=O)=O)c2)cc1O. The lowest BCUT2D eigenvalue weighted by atomic mass is 10.2. The Balaban J connectivity index is 2.13. The summed E-state index contributed by atoms with van der Waals surface area (Å²) in [5.41, 5.74) is 0.632. The monoisotopic (exact) mass is 353 g/mol. The Kier molecular flexibility index (Phi) is 5.17. The van der Waals surface area contributed by atoms with E-state index >= 15 is 0 Å². The number of esters is 1. The van der Waals surface area contributed by atoms with Gasteiger partial charge in [0.1, 0.15) is 11.3 Å². The van der Waals surface area contributed by atoms with E-state index in [9.17, 15) is 18.3 Å². The molecule has 0 amide bonds. The standard InChI is InChI=1S/C15H15NO5S2/c1-21-15(18)13-7-6-10(8-14(13)17)16-22-11-4-3-5-12(9-11)23(2,19)20/h3-9,16-17H,1-2H3. The second kappa shape index (κ2) is 6.93. The van der Waals surface area contributed by atoms with Crippen LogP contribution in [0.4, 0.5) is 5.69 Å². The molecule has 2 aromatic rings. The van der Waals surface area contributed by atoms with Crippen LogP contribution in [-0.2, 0) is 14.6 Å². The number of sulfone groups is 1. The fraction of sp³-hybridized carbons (Fsp3) is 0.133. The van der Waals surface area contributed by atoms with E-state index in [4.69, 9.17) is 0 Å². The van der Waals surface area contributed by atoms with Gasteiger partial charge in [-0.05, 0) is 42.3 Å². The van der Waals surface area contributed by atoms with Crippen molar-refractivity contribution in [2.45, 2.75) is 9.79 Å². The number of phenolic OH excluding ortho intramolecular Hbond substituents is 1. The Labute approximate surface area is 138 Å². The van der Waals surface area contributed by atoms with Crippen LogP contribution in [0.15, 0.2) is 52.3 Å². The number of phenols is 1. The van der Waals surface area contributed by atoms with E-state index in [1.54, 1.807) is 24.3 Å². The van der Waals surface area contributed by atoms with Crippen molar-refractivity contribution in [3.63, 3.8) is 0 Å². The normalized spacial score (nSPS) is 11.0. The summed E-state index contributed by atoms with van der Waals surface area (Å²) in [6, 6.07) is 10.9. The summed E-state index contributed by atoms with van der Waals surface area (Å²) in [5.74, 6) is -0.824. The van der Waals surface area contributed by atoms with Gasteiger partial charge in [-0.3, -0.25) is 0 Å². The van der Waals surface area contributed by atoms with Gasteiger partial charge in [0.15, 0.2) is 9.84 Å². The van der Waals surface area contributed by atoms with Crippen LogP contribution < -0.4 is 4.72 Å². The summed E-state index contributed by atoms with van der Waals surface area (Å²) in [7, 11) is -2.03. The first-order chi connectivity index (χ1) is 10.8. The summed E-state index contributed by atoms with van der Waals surface area (Å²) < 4.78 is 30.6. The third kappa shape index (κ3) is 4.40. The van der Waals surface area contributed by atoms with Crippen LogP contribution in [0.3, 0.4) is 0 Å². The second-order valence-corrected chi connectivity index (χ2v) is 7.57. The van der Waals surface area contributed by atoms with Crippen molar-refractivity contribution in [2.24, 2.45) is 0 Å². The van der Waals surface area contributed by atoms with Crippen molar-refractivity contribution in [1.82, 2.24) is 0 Å². The van der Waals surface area contributed by atoms with E-state index < -0.39 is 15.8 Å². The molecule has 0 aliphatic carbocycles. The topological polar surface area (TPSA) is 92.7 Å². The maximum Gasteiger partial charge on any atom is 0.341 e. The molecular weight excluding hydrogens is 338 g/mol. The Hall–Kier alpha value is -2.19. The number of ether oxygens (including phenoxy) is 1. The van der Waals surface area contributed by atoms with Crippen molar-refractivity contribution in [3.8, 4) is 5.75 Å². The van der Waals surface area contributed by atoms with Gasteiger partial charge in [-0.2, -0.15) is 0 Å². The maximum atomic E-state index is 11.5. The van der Waals surface area contributed by atoms with Gasteiger partial charge in [0.05, 0.1) is 12.0 Å². The van der Waals surface area contributed by atoms with E-state index in [0.29, 0.717) is 10.6 Å². The van der Waals surface area contributed by atoms with Gasteiger partial charge in [-0.1, -0.05) is 6.07 Å². The van der Waals surface area contributed by atoms with Gasteiger partial charge in [0, 0.05) is 22.9 Å². The molecule has 0 aromatic heterocycles. The Morgan fingerprint density at radius 2 is 1.96 bits per heavy atom. The fourth-order valence-electron chi connectivity index (χ4n) is 1.76. The Morgan fingerprint density at radius 3 is 2.57 bits per heavy atom. The van der Waals surface area contributed by atoms with E-state index in [-0.39, 0.29) is 16.2 Å². The fourth-order valence-corrected chi connectivity index (χ4v) is 3.20. The number of benzene rings is 2. The minimum atomic E-state index is -3.27. The Morgan fingerprint density at radius 1 is 1.22 bits per heavy atom. The highest BCUT2D eigenvalue weighted by atomic mass is 32.2. The van der Waals surface area contributed by atoms with Crippen LogP contribution in [0, 0.1) is 0 Å². The van der Waals surface area contributed by atoms with Crippen LogP contribution in [-0.4, -0.2) is 32.9 Å². The van der Waals surface area contributed by atoms with Crippen molar-refractivity contribution < 1.29 is 23.1 Å². The summed E-state index contributed by atoms with van der Waals surface area (Å²) in [4.78, 5) is 12.3. The Bertz CT molecular complexity index is 834. The highest BCUT2D eigenvalue weighted by molar-refractivity contribution is 8.00. The molecule has 23 heavy (non-hydrogen) atoms. The van der Waals surface area contributed by atoms with E-state index in [2.05, 4.69) is 9.46 Å². The quantitative estimate of drug-likeness (QED) is 0.630. The number of methoxy groups -OCH3 is 1. The summed E-state index contributed by atoms with van der Waals surface area (Å²) in [6.07, 6.45) is 1.15. The lowest BCUT2D eigenvalue weighted by Gasteiger charge is -2.08. The van der Waals surface area contributed by atoms with Gasteiger partial charge in [0.2, 0.25) is 0 Å². The number of carbonyl (C=O) groups excluding carboxylic acids is 1. The average molecular weight is 353 g/mol. The summed E-state index contributed by atoms with van der Waals surface area (Å²) >= 11 is 1.19. The molecule has 0 heterocycles.